The first-order valence-corrected chi connectivity index (χ1v) is 9.86. The minimum atomic E-state index is -0.461. The molecule has 5 rings (SSSR count). The predicted octanol–water partition coefficient (Wildman–Crippen LogP) is 2.70. The maximum Gasteiger partial charge on any atom is 0.265 e. The second-order valence-corrected chi connectivity index (χ2v) is 7.76. The van der Waals surface area contributed by atoms with E-state index in [0.29, 0.717) is 35.4 Å². The van der Waals surface area contributed by atoms with Crippen LogP contribution in [0.15, 0.2) is 12.1 Å². The first kappa shape index (κ1) is 17.7. The van der Waals surface area contributed by atoms with Gasteiger partial charge in [0.05, 0.1) is 5.52 Å². The molecule has 4 aromatic heterocycles. The number of rotatable bonds is 5. The molecule has 9 nitrogen and oxygen atoms in total. The van der Waals surface area contributed by atoms with E-state index < -0.39 is 5.91 Å². The monoisotopic (exact) mass is 392 g/mol. The van der Waals surface area contributed by atoms with Crippen LogP contribution in [0.2, 0.25) is 0 Å². The van der Waals surface area contributed by atoms with Gasteiger partial charge in [0.1, 0.15) is 22.7 Å². The molecule has 1 aliphatic carbocycles. The highest BCUT2D eigenvalue weighted by Crippen LogP contribution is 2.42. The summed E-state index contributed by atoms with van der Waals surface area (Å²) in [4.78, 5) is 21.8. The van der Waals surface area contributed by atoms with Crippen molar-refractivity contribution in [2.24, 2.45) is 19.8 Å². The van der Waals surface area contributed by atoms with Crippen LogP contribution >= 0.6 is 0 Å². The van der Waals surface area contributed by atoms with Crippen molar-refractivity contribution in [2.45, 2.75) is 39.2 Å². The average molecular weight is 392 g/mol. The first-order valence-electron chi connectivity index (χ1n) is 9.86. The summed E-state index contributed by atoms with van der Waals surface area (Å²) in [6.45, 7) is 4.57. The topological polar surface area (TPSA) is 109 Å². The highest BCUT2D eigenvalue weighted by molar-refractivity contribution is 6.10. The van der Waals surface area contributed by atoms with Gasteiger partial charge in [0.2, 0.25) is 0 Å². The zero-order chi connectivity index (χ0) is 20.4. The van der Waals surface area contributed by atoms with E-state index in [1.165, 1.54) is 0 Å². The summed E-state index contributed by atoms with van der Waals surface area (Å²) in [5, 5.41) is 8.73. The molecule has 0 saturated heterocycles. The van der Waals surface area contributed by atoms with Crippen LogP contribution in [-0.2, 0) is 20.6 Å². The summed E-state index contributed by atoms with van der Waals surface area (Å²) in [6.07, 6.45) is 2.30. The molecule has 1 aliphatic rings. The Morgan fingerprint density at radius 1 is 1.28 bits per heavy atom. The molecule has 0 atom stereocenters. The number of nitrogens with zero attached hydrogens (tertiary/aromatic N) is 6. The Balaban J connectivity index is 1.82. The van der Waals surface area contributed by atoms with E-state index >= 15 is 0 Å². The van der Waals surface area contributed by atoms with Gasteiger partial charge in [-0.05, 0) is 32.8 Å². The first-order chi connectivity index (χ1) is 13.9. The molecule has 1 saturated carbocycles. The number of carbonyl (C=O) groups is 1. The van der Waals surface area contributed by atoms with E-state index in [-0.39, 0.29) is 0 Å². The Morgan fingerprint density at radius 3 is 2.62 bits per heavy atom. The van der Waals surface area contributed by atoms with E-state index in [1.807, 2.05) is 49.3 Å². The Hall–Kier alpha value is -3.36. The molecule has 150 valence electrons. The number of anilines is 2. The average Bonchev–Trinajstić information content (AvgIpc) is 3.25. The van der Waals surface area contributed by atoms with Crippen molar-refractivity contribution in [3.05, 3.63) is 29.3 Å². The molecule has 0 spiro atoms. The van der Waals surface area contributed by atoms with Crippen molar-refractivity contribution >= 4 is 39.6 Å². The van der Waals surface area contributed by atoms with Gasteiger partial charge in [-0.15, -0.1) is 0 Å². The van der Waals surface area contributed by atoms with Crippen LogP contribution in [0.3, 0.4) is 0 Å². The van der Waals surface area contributed by atoms with Crippen LogP contribution in [-0.4, -0.2) is 34.8 Å². The highest BCUT2D eigenvalue weighted by atomic mass is 16.1. The molecule has 1 fully saturated rings. The SMILES string of the molecule is CCn1c(C(N)=O)cc2c3c(nc(C4CC4)n3C)c(Nc3cc(C)n(C)n3)nc21. The maximum absolute atomic E-state index is 12.0. The van der Waals surface area contributed by atoms with Crippen molar-refractivity contribution in [2.75, 3.05) is 5.32 Å². The summed E-state index contributed by atoms with van der Waals surface area (Å²) in [6, 6.07) is 3.81. The summed E-state index contributed by atoms with van der Waals surface area (Å²) in [7, 11) is 3.93. The molecule has 4 heterocycles. The molecule has 0 radical (unpaired) electrons. The van der Waals surface area contributed by atoms with Gasteiger partial charge in [-0.25, -0.2) is 9.97 Å². The molecule has 0 aromatic carbocycles. The van der Waals surface area contributed by atoms with E-state index in [9.17, 15) is 4.79 Å². The lowest BCUT2D eigenvalue weighted by Gasteiger charge is -2.08. The van der Waals surface area contributed by atoms with E-state index in [1.54, 1.807) is 0 Å². The highest BCUT2D eigenvalue weighted by Gasteiger charge is 2.31. The van der Waals surface area contributed by atoms with Gasteiger partial charge >= 0.3 is 0 Å². The van der Waals surface area contributed by atoms with Gasteiger partial charge in [-0.3, -0.25) is 9.48 Å². The molecular weight excluding hydrogens is 368 g/mol. The molecular formula is C20H24N8O. The van der Waals surface area contributed by atoms with Crippen LogP contribution in [0, 0.1) is 6.92 Å². The molecule has 29 heavy (non-hydrogen) atoms. The summed E-state index contributed by atoms with van der Waals surface area (Å²) in [5.74, 6) is 2.42. The third kappa shape index (κ3) is 2.60. The number of imidazole rings is 1. The summed E-state index contributed by atoms with van der Waals surface area (Å²) in [5.41, 5.74) is 9.60. The van der Waals surface area contributed by atoms with Crippen molar-refractivity contribution in [1.82, 2.24) is 28.9 Å². The number of amides is 1. The van der Waals surface area contributed by atoms with Gasteiger partial charge in [0, 0.05) is 43.7 Å². The molecule has 3 N–H and O–H groups in total. The number of nitrogens with one attached hydrogen (secondary N) is 1. The second kappa shape index (κ2) is 6.07. The lowest BCUT2D eigenvalue weighted by molar-refractivity contribution is 0.0992. The molecule has 1 amide bonds. The number of aryl methyl sites for hydroxylation is 4. The van der Waals surface area contributed by atoms with Crippen molar-refractivity contribution in [3.63, 3.8) is 0 Å². The number of hydrogen-bond acceptors (Lipinski definition) is 5. The van der Waals surface area contributed by atoms with Crippen molar-refractivity contribution in [3.8, 4) is 0 Å². The molecule has 0 bridgehead atoms. The fraction of sp³-hybridized carbons (Fsp3) is 0.400. The fourth-order valence-electron chi connectivity index (χ4n) is 4.04. The van der Waals surface area contributed by atoms with Crippen LogP contribution in [0.5, 0.6) is 0 Å². The third-order valence-electron chi connectivity index (χ3n) is 5.77. The number of aromatic nitrogens is 6. The van der Waals surface area contributed by atoms with E-state index in [2.05, 4.69) is 15.0 Å². The third-order valence-corrected chi connectivity index (χ3v) is 5.77. The largest absolute Gasteiger partial charge is 0.364 e. The van der Waals surface area contributed by atoms with E-state index in [0.717, 1.165) is 40.8 Å². The van der Waals surface area contributed by atoms with Crippen LogP contribution in [0.4, 0.5) is 11.6 Å². The number of carbonyl (C=O) groups excluding carboxylic acids is 1. The second-order valence-electron chi connectivity index (χ2n) is 7.76. The Kier molecular flexibility index (Phi) is 3.71. The fourth-order valence-corrected chi connectivity index (χ4v) is 4.04. The zero-order valence-corrected chi connectivity index (χ0v) is 17.0. The Morgan fingerprint density at radius 2 is 2.03 bits per heavy atom. The van der Waals surface area contributed by atoms with Gasteiger partial charge in [-0.1, -0.05) is 0 Å². The molecule has 4 aromatic rings. The minimum Gasteiger partial charge on any atom is -0.364 e. The van der Waals surface area contributed by atoms with Gasteiger partial charge < -0.3 is 20.2 Å². The van der Waals surface area contributed by atoms with Crippen molar-refractivity contribution in [1.29, 1.82) is 0 Å². The van der Waals surface area contributed by atoms with Crippen LogP contribution in [0.1, 0.15) is 47.7 Å². The van der Waals surface area contributed by atoms with Gasteiger partial charge in [0.15, 0.2) is 11.6 Å². The number of primary amides is 1. The van der Waals surface area contributed by atoms with Gasteiger partial charge in [-0.2, -0.15) is 5.10 Å². The molecule has 0 aliphatic heterocycles. The Bertz CT molecular complexity index is 1270. The van der Waals surface area contributed by atoms with E-state index in [4.69, 9.17) is 15.7 Å². The lowest BCUT2D eigenvalue weighted by Crippen LogP contribution is -2.16. The molecule has 9 heteroatoms. The summed E-state index contributed by atoms with van der Waals surface area (Å²) < 4.78 is 5.80. The number of hydrogen-bond donors (Lipinski definition) is 2. The smallest absolute Gasteiger partial charge is 0.265 e. The zero-order valence-electron chi connectivity index (χ0n) is 17.0. The minimum absolute atomic E-state index is 0.455. The molecule has 0 unspecified atom stereocenters. The van der Waals surface area contributed by atoms with Crippen LogP contribution in [0.25, 0.3) is 22.1 Å². The normalized spacial score (nSPS) is 14.2. The maximum atomic E-state index is 12.0. The number of pyridine rings is 1. The number of fused-ring (bicyclic) bond motifs is 3. The Labute approximate surface area is 167 Å². The van der Waals surface area contributed by atoms with Crippen molar-refractivity contribution < 1.29 is 4.79 Å². The van der Waals surface area contributed by atoms with Crippen LogP contribution < -0.4 is 11.1 Å². The van der Waals surface area contributed by atoms with Gasteiger partial charge in [0.25, 0.3) is 5.91 Å². The lowest BCUT2D eigenvalue weighted by atomic mass is 10.2. The number of nitrogens with two attached hydrogens (primary N) is 1. The summed E-state index contributed by atoms with van der Waals surface area (Å²) >= 11 is 0. The quantitative estimate of drug-likeness (QED) is 0.543. The predicted molar refractivity (Wildman–Crippen MR) is 111 cm³/mol. The standard InChI is InChI=1S/C20H24N8O/c1-5-28-13(17(21)29)9-12-16-15(23-19(26(16)3)11-6-7-11)18(24-20(12)28)22-14-8-10(2)27(4)25-14/h8-9,11H,5-7H2,1-4H3,(H2,21,29)(H,22,24,25).